The number of halogens is 1. The number of furan rings is 1. The third-order valence-corrected chi connectivity index (χ3v) is 2.44. The van der Waals surface area contributed by atoms with Crippen molar-refractivity contribution in [3.05, 3.63) is 41.6 Å². The molecule has 0 spiro atoms. The molecule has 2 aromatic rings. The molecule has 0 amide bonds. The number of rotatable bonds is 4. The second-order valence-electron chi connectivity index (χ2n) is 3.58. The molecule has 0 saturated heterocycles. The van der Waals surface area contributed by atoms with Crippen LogP contribution in [0.3, 0.4) is 0 Å². The van der Waals surface area contributed by atoms with E-state index in [1.54, 1.807) is 6.26 Å². The highest BCUT2D eigenvalue weighted by molar-refractivity contribution is 5.85. The van der Waals surface area contributed by atoms with Crippen LogP contribution in [0.25, 0.3) is 0 Å². The number of hydrogen-bond acceptors (Lipinski definition) is 3. The fourth-order valence-corrected chi connectivity index (χ4v) is 1.54. The van der Waals surface area contributed by atoms with Crippen molar-refractivity contribution in [1.82, 2.24) is 15.1 Å². The van der Waals surface area contributed by atoms with E-state index in [0.717, 1.165) is 18.8 Å². The lowest BCUT2D eigenvalue weighted by Crippen LogP contribution is -2.15. The fraction of sp³-hybridized carbons (Fsp3) is 0.364. The van der Waals surface area contributed by atoms with Crippen molar-refractivity contribution in [3.63, 3.8) is 0 Å². The molecule has 5 heteroatoms. The highest BCUT2D eigenvalue weighted by atomic mass is 35.5. The Labute approximate surface area is 101 Å². The molecular formula is C11H16ClN3O. The third-order valence-electron chi connectivity index (χ3n) is 2.44. The summed E-state index contributed by atoms with van der Waals surface area (Å²) in [6.07, 6.45) is 3.57. The Morgan fingerprint density at radius 2 is 2.25 bits per heavy atom. The molecule has 4 nitrogen and oxygen atoms in total. The molecule has 0 radical (unpaired) electrons. The lowest BCUT2D eigenvalue weighted by molar-refractivity contribution is 0.478. The van der Waals surface area contributed by atoms with Crippen molar-refractivity contribution < 1.29 is 4.42 Å². The predicted molar refractivity (Wildman–Crippen MR) is 64.4 cm³/mol. The van der Waals surface area contributed by atoms with Crippen LogP contribution in [0.4, 0.5) is 0 Å². The molecule has 0 aromatic carbocycles. The zero-order valence-corrected chi connectivity index (χ0v) is 10.3. The molecule has 0 aliphatic carbocycles. The summed E-state index contributed by atoms with van der Waals surface area (Å²) in [7, 11) is 1.96. The van der Waals surface area contributed by atoms with E-state index >= 15 is 0 Å². The summed E-state index contributed by atoms with van der Waals surface area (Å²) >= 11 is 0. The molecular weight excluding hydrogens is 226 g/mol. The van der Waals surface area contributed by atoms with E-state index in [-0.39, 0.29) is 12.4 Å². The van der Waals surface area contributed by atoms with Crippen molar-refractivity contribution in [2.45, 2.75) is 20.0 Å². The van der Waals surface area contributed by atoms with E-state index < -0.39 is 0 Å². The summed E-state index contributed by atoms with van der Waals surface area (Å²) < 4.78 is 7.12. The zero-order valence-electron chi connectivity index (χ0n) is 9.43. The molecule has 1 N–H and O–H groups in total. The maximum atomic E-state index is 5.23. The van der Waals surface area contributed by atoms with Gasteiger partial charge in [0, 0.05) is 13.6 Å². The van der Waals surface area contributed by atoms with Crippen molar-refractivity contribution in [2.24, 2.45) is 7.05 Å². The maximum absolute atomic E-state index is 5.23. The average molecular weight is 242 g/mol. The molecule has 88 valence electrons. The summed E-state index contributed by atoms with van der Waals surface area (Å²) in [5, 5.41) is 7.50. The van der Waals surface area contributed by atoms with Gasteiger partial charge in [-0.05, 0) is 24.6 Å². The monoisotopic (exact) mass is 241 g/mol. The van der Waals surface area contributed by atoms with Gasteiger partial charge < -0.3 is 9.73 Å². The Balaban J connectivity index is 0.00000128. The lowest BCUT2D eigenvalue weighted by Gasteiger charge is -2.04. The Kier molecular flexibility index (Phi) is 4.58. The minimum atomic E-state index is 0. The summed E-state index contributed by atoms with van der Waals surface area (Å²) in [5.74, 6) is 0.954. The summed E-state index contributed by atoms with van der Waals surface area (Å²) in [6, 6.07) is 3.86. The van der Waals surface area contributed by atoms with Gasteiger partial charge in [-0.25, -0.2) is 0 Å². The minimum Gasteiger partial charge on any atom is -0.468 e. The second kappa shape index (κ2) is 5.72. The molecule has 16 heavy (non-hydrogen) atoms. The number of aromatic nitrogens is 2. The standard InChI is InChI=1S/C11H15N3O.ClH/c1-9-6-13-14(2)11(9)8-12-7-10-4-3-5-15-10;/h3-6,12H,7-8H2,1-2H3;1H. The van der Waals surface area contributed by atoms with Crippen LogP contribution >= 0.6 is 12.4 Å². The van der Waals surface area contributed by atoms with Gasteiger partial charge in [-0.2, -0.15) is 5.10 Å². The molecule has 0 unspecified atom stereocenters. The molecule has 0 saturated carbocycles. The predicted octanol–water partition coefficient (Wildman–Crippen LogP) is 2.03. The molecule has 0 aliphatic rings. The van der Waals surface area contributed by atoms with Gasteiger partial charge in [0.2, 0.25) is 0 Å². The van der Waals surface area contributed by atoms with Crippen molar-refractivity contribution in [2.75, 3.05) is 0 Å². The van der Waals surface area contributed by atoms with Gasteiger partial charge in [0.25, 0.3) is 0 Å². The maximum Gasteiger partial charge on any atom is 0.117 e. The van der Waals surface area contributed by atoms with Gasteiger partial charge in [-0.1, -0.05) is 0 Å². The van der Waals surface area contributed by atoms with E-state index in [2.05, 4.69) is 17.3 Å². The first-order valence-corrected chi connectivity index (χ1v) is 4.98. The Hall–Kier alpha value is -1.26. The van der Waals surface area contributed by atoms with Crippen molar-refractivity contribution in [1.29, 1.82) is 0 Å². The van der Waals surface area contributed by atoms with Gasteiger partial charge in [0.05, 0.1) is 24.7 Å². The minimum absolute atomic E-state index is 0. The molecule has 2 aromatic heterocycles. The smallest absolute Gasteiger partial charge is 0.117 e. The molecule has 0 fully saturated rings. The van der Waals surface area contributed by atoms with Gasteiger partial charge in [-0.3, -0.25) is 4.68 Å². The Morgan fingerprint density at radius 1 is 1.44 bits per heavy atom. The van der Waals surface area contributed by atoms with Crippen LogP contribution in [0.1, 0.15) is 17.0 Å². The molecule has 2 heterocycles. The van der Waals surface area contributed by atoms with Crippen LogP contribution < -0.4 is 5.32 Å². The number of aryl methyl sites for hydroxylation is 2. The van der Waals surface area contributed by atoms with Gasteiger partial charge >= 0.3 is 0 Å². The first-order chi connectivity index (χ1) is 7.27. The van der Waals surface area contributed by atoms with Crippen molar-refractivity contribution in [3.8, 4) is 0 Å². The first-order valence-electron chi connectivity index (χ1n) is 4.98. The molecule has 0 atom stereocenters. The van der Waals surface area contributed by atoms with E-state index in [1.807, 2.05) is 30.1 Å². The Bertz CT molecular complexity index is 403. The number of nitrogens with one attached hydrogen (secondary N) is 1. The number of nitrogens with zero attached hydrogens (tertiary/aromatic N) is 2. The Morgan fingerprint density at radius 3 is 2.81 bits per heavy atom. The highest BCUT2D eigenvalue weighted by Crippen LogP contribution is 2.05. The normalized spacial score (nSPS) is 10.1. The van der Waals surface area contributed by atoms with Gasteiger partial charge in [-0.15, -0.1) is 12.4 Å². The zero-order chi connectivity index (χ0) is 10.7. The summed E-state index contributed by atoms with van der Waals surface area (Å²) in [4.78, 5) is 0. The highest BCUT2D eigenvalue weighted by Gasteiger charge is 2.03. The summed E-state index contributed by atoms with van der Waals surface area (Å²) in [6.45, 7) is 3.62. The van der Waals surface area contributed by atoms with Gasteiger partial charge in [0.15, 0.2) is 0 Å². The SMILES string of the molecule is Cc1cnn(C)c1CNCc1ccco1.Cl. The van der Waals surface area contributed by atoms with Crippen LogP contribution in [-0.4, -0.2) is 9.78 Å². The second-order valence-corrected chi connectivity index (χ2v) is 3.58. The quantitative estimate of drug-likeness (QED) is 0.891. The van der Waals surface area contributed by atoms with E-state index in [4.69, 9.17) is 4.42 Å². The first kappa shape index (κ1) is 12.8. The fourth-order valence-electron chi connectivity index (χ4n) is 1.54. The van der Waals surface area contributed by atoms with E-state index in [1.165, 1.54) is 11.3 Å². The third kappa shape index (κ3) is 2.87. The van der Waals surface area contributed by atoms with E-state index in [9.17, 15) is 0 Å². The molecule has 2 rings (SSSR count). The van der Waals surface area contributed by atoms with Crippen LogP contribution in [-0.2, 0) is 20.1 Å². The topological polar surface area (TPSA) is 43.0 Å². The largest absolute Gasteiger partial charge is 0.468 e. The molecule has 0 bridgehead atoms. The number of hydrogen-bond donors (Lipinski definition) is 1. The average Bonchev–Trinajstić information content (AvgIpc) is 2.82. The lowest BCUT2D eigenvalue weighted by atomic mass is 10.3. The summed E-state index contributed by atoms with van der Waals surface area (Å²) in [5.41, 5.74) is 2.42. The van der Waals surface area contributed by atoms with E-state index in [0.29, 0.717) is 0 Å². The van der Waals surface area contributed by atoms with Crippen LogP contribution in [0.2, 0.25) is 0 Å². The van der Waals surface area contributed by atoms with Gasteiger partial charge in [0.1, 0.15) is 5.76 Å². The van der Waals surface area contributed by atoms with Crippen LogP contribution in [0.5, 0.6) is 0 Å². The van der Waals surface area contributed by atoms with Crippen LogP contribution in [0.15, 0.2) is 29.0 Å². The molecule has 0 aliphatic heterocycles. The van der Waals surface area contributed by atoms with Crippen molar-refractivity contribution >= 4 is 12.4 Å². The van der Waals surface area contributed by atoms with Crippen LogP contribution in [0, 0.1) is 6.92 Å².